The van der Waals surface area contributed by atoms with Gasteiger partial charge in [0.1, 0.15) is 0 Å². The molecule has 1 amide bonds. The van der Waals surface area contributed by atoms with Gasteiger partial charge in [0.25, 0.3) is 0 Å². The molecule has 0 aromatic rings. The van der Waals surface area contributed by atoms with Crippen LogP contribution in [0.2, 0.25) is 0 Å². The molecule has 166 valence electrons. The summed E-state index contributed by atoms with van der Waals surface area (Å²) in [4.78, 5) is 24.0. The van der Waals surface area contributed by atoms with Gasteiger partial charge in [-0.25, -0.2) is 4.79 Å². The van der Waals surface area contributed by atoms with Crippen LogP contribution in [-0.2, 0) is 14.3 Å². The van der Waals surface area contributed by atoms with E-state index in [4.69, 9.17) is 4.74 Å². The van der Waals surface area contributed by atoms with E-state index in [1.54, 1.807) is 6.08 Å². The number of aliphatic hydroxyl groups excluding tert-OH is 1. The summed E-state index contributed by atoms with van der Waals surface area (Å²) in [5, 5.41) is 12.2. The zero-order valence-electron chi connectivity index (χ0n) is 18.6. The molecule has 1 fully saturated rings. The number of allylic oxidation sites excluding steroid dienone is 3. The zero-order chi connectivity index (χ0) is 21.5. The number of unbranched alkanes of at least 4 members (excludes halogenated alkanes) is 3. The summed E-state index contributed by atoms with van der Waals surface area (Å²) in [5.74, 6) is 0.129. The van der Waals surface area contributed by atoms with Gasteiger partial charge in [0.15, 0.2) is 6.04 Å². The maximum Gasteiger partial charge on any atom is 0.331 e. The Hall–Kier alpha value is -1.62. The Morgan fingerprint density at radius 1 is 1.07 bits per heavy atom. The minimum atomic E-state index is -1.06. The fourth-order valence-electron chi connectivity index (χ4n) is 3.58. The van der Waals surface area contributed by atoms with Crippen LogP contribution in [0.5, 0.6) is 0 Å². The maximum absolute atomic E-state index is 12.0. The minimum Gasteiger partial charge on any atom is -0.464 e. The number of ether oxygens (including phenoxy) is 1. The van der Waals surface area contributed by atoms with Crippen molar-refractivity contribution in [1.82, 2.24) is 5.32 Å². The zero-order valence-corrected chi connectivity index (χ0v) is 18.6. The highest BCUT2D eigenvalue weighted by atomic mass is 16.5. The summed E-state index contributed by atoms with van der Waals surface area (Å²) in [7, 11) is 0. The van der Waals surface area contributed by atoms with Crippen molar-refractivity contribution in [2.24, 2.45) is 11.8 Å². The highest BCUT2D eigenvalue weighted by Crippen LogP contribution is 2.27. The molecule has 0 saturated heterocycles. The molecule has 1 aliphatic rings. The molecule has 5 heteroatoms. The molecule has 0 radical (unpaired) electrons. The van der Waals surface area contributed by atoms with Gasteiger partial charge in [0.05, 0.1) is 12.7 Å². The molecule has 1 saturated carbocycles. The first-order valence-corrected chi connectivity index (χ1v) is 11.4. The van der Waals surface area contributed by atoms with Gasteiger partial charge >= 0.3 is 5.97 Å². The fraction of sp³-hybridized carbons (Fsp3) is 0.750. The summed E-state index contributed by atoms with van der Waals surface area (Å²) in [6.45, 7) is 5.57. The van der Waals surface area contributed by atoms with Gasteiger partial charge in [-0.2, -0.15) is 0 Å². The highest BCUT2D eigenvalue weighted by Gasteiger charge is 2.26. The fourth-order valence-corrected chi connectivity index (χ4v) is 3.58. The van der Waals surface area contributed by atoms with Crippen LogP contribution >= 0.6 is 0 Å². The molecule has 0 heterocycles. The van der Waals surface area contributed by atoms with Crippen LogP contribution in [0.1, 0.15) is 85.0 Å². The van der Waals surface area contributed by atoms with Gasteiger partial charge in [-0.3, -0.25) is 4.79 Å². The molecule has 1 aliphatic carbocycles. The third-order valence-electron chi connectivity index (χ3n) is 5.30. The average Bonchev–Trinajstić information content (AvgIpc) is 2.69. The Balaban J connectivity index is 2.18. The monoisotopic (exact) mass is 407 g/mol. The van der Waals surface area contributed by atoms with Crippen LogP contribution < -0.4 is 5.32 Å². The van der Waals surface area contributed by atoms with Gasteiger partial charge in [-0.05, 0) is 31.6 Å². The lowest BCUT2D eigenvalue weighted by Crippen LogP contribution is -2.48. The number of esters is 1. The first kappa shape index (κ1) is 25.4. The van der Waals surface area contributed by atoms with Gasteiger partial charge in [0, 0.05) is 6.08 Å². The van der Waals surface area contributed by atoms with Crippen molar-refractivity contribution < 1.29 is 19.4 Å². The molecule has 0 aromatic carbocycles. The first-order valence-electron chi connectivity index (χ1n) is 11.4. The van der Waals surface area contributed by atoms with E-state index < -0.39 is 24.0 Å². The first-order chi connectivity index (χ1) is 13.9. The van der Waals surface area contributed by atoms with E-state index >= 15 is 0 Å². The lowest BCUT2D eigenvalue weighted by atomic mass is 9.85. The molecule has 1 rings (SSSR count). The summed E-state index contributed by atoms with van der Waals surface area (Å²) < 4.78 is 5.10. The van der Waals surface area contributed by atoms with Crippen molar-refractivity contribution in [1.29, 1.82) is 0 Å². The molecule has 0 aliphatic heterocycles. The topological polar surface area (TPSA) is 75.6 Å². The molecule has 29 heavy (non-hydrogen) atoms. The van der Waals surface area contributed by atoms with Crippen molar-refractivity contribution in [3.05, 3.63) is 24.3 Å². The summed E-state index contributed by atoms with van der Waals surface area (Å²) in [5.41, 5.74) is 0. The largest absolute Gasteiger partial charge is 0.464 e. The quantitative estimate of drug-likeness (QED) is 0.201. The highest BCUT2D eigenvalue weighted by molar-refractivity contribution is 5.91. The molecular formula is C24H41NO4. The standard InChI is InChI=1S/C24H41NO4/c1-19(2)18-29-24(28)23(20(3)26)25-22(27)17-13-8-6-4-5-7-10-14-21-15-11-9-12-16-21/h6,8,13,17,19-21,23,26H,4-5,7,9-12,14-16,18H2,1-3H3,(H,25,27)/b8-6+,17-13+/t20-,23+/m1/s1. The molecule has 2 N–H and O–H groups in total. The number of rotatable bonds is 13. The molecular weight excluding hydrogens is 366 g/mol. The number of aliphatic hydroxyl groups is 1. The summed E-state index contributed by atoms with van der Waals surface area (Å²) >= 11 is 0. The van der Waals surface area contributed by atoms with Crippen molar-refractivity contribution in [2.75, 3.05) is 6.61 Å². The lowest BCUT2D eigenvalue weighted by molar-refractivity contribution is -0.151. The number of hydrogen-bond donors (Lipinski definition) is 2. The second-order valence-corrected chi connectivity index (χ2v) is 8.68. The minimum absolute atomic E-state index is 0.196. The normalized spacial score (nSPS) is 17.7. The second kappa shape index (κ2) is 15.3. The molecule has 0 aromatic heterocycles. The Bertz CT molecular complexity index is 519. The summed E-state index contributed by atoms with van der Waals surface area (Å²) in [6.07, 6.45) is 19.2. The van der Waals surface area contributed by atoms with Crippen molar-refractivity contribution in [2.45, 2.75) is 97.1 Å². The summed E-state index contributed by atoms with van der Waals surface area (Å²) in [6, 6.07) is -1.06. The van der Waals surface area contributed by atoms with Crippen molar-refractivity contribution in [3.8, 4) is 0 Å². The Morgan fingerprint density at radius 3 is 2.45 bits per heavy atom. The van der Waals surface area contributed by atoms with Crippen LogP contribution in [0.4, 0.5) is 0 Å². The van der Waals surface area contributed by atoms with Crippen LogP contribution in [0.25, 0.3) is 0 Å². The molecule has 0 bridgehead atoms. The van der Waals surface area contributed by atoms with Crippen molar-refractivity contribution >= 4 is 11.9 Å². The third-order valence-corrected chi connectivity index (χ3v) is 5.30. The van der Waals surface area contributed by atoms with E-state index in [0.717, 1.165) is 12.3 Å². The number of carbonyl (C=O) groups is 2. The van der Waals surface area contributed by atoms with Gasteiger partial charge < -0.3 is 15.2 Å². The number of hydrogen-bond acceptors (Lipinski definition) is 4. The molecule has 0 unspecified atom stereocenters. The average molecular weight is 408 g/mol. The van der Waals surface area contributed by atoms with E-state index in [1.165, 1.54) is 70.8 Å². The lowest BCUT2D eigenvalue weighted by Gasteiger charge is -2.21. The van der Waals surface area contributed by atoms with Crippen molar-refractivity contribution in [3.63, 3.8) is 0 Å². The van der Waals surface area contributed by atoms with Crippen LogP contribution in [0.3, 0.4) is 0 Å². The van der Waals surface area contributed by atoms with E-state index in [9.17, 15) is 14.7 Å². The number of carbonyl (C=O) groups excluding carboxylic acids is 2. The smallest absolute Gasteiger partial charge is 0.331 e. The SMILES string of the molecule is CC(C)COC(=O)[C@@H](NC(=O)/C=C/C=C/CCCCCC1CCCCC1)[C@@H](C)O. The Morgan fingerprint density at radius 2 is 1.79 bits per heavy atom. The van der Waals surface area contributed by atoms with E-state index in [0.29, 0.717) is 0 Å². The molecule has 2 atom stereocenters. The molecule has 5 nitrogen and oxygen atoms in total. The predicted molar refractivity (Wildman–Crippen MR) is 117 cm³/mol. The van der Waals surface area contributed by atoms with E-state index in [2.05, 4.69) is 11.4 Å². The third kappa shape index (κ3) is 12.5. The van der Waals surface area contributed by atoms with Crippen LogP contribution in [0, 0.1) is 11.8 Å². The van der Waals surface area contributed by atoms with Gasteiger partial charge in [0.2, 0.25) is 5.91 Å². The van der Waals surface area contributed by atoms with Gasteiger partial charge in [-0.1, -0.05) is 83.4 Å². The van der Waals surface area contributed by atoms with E-state index in [1.807, 2.05) is 19.9 Å². The number of nitrogens with one attached hydrogen (secondary N) is 1. The Kier molecular flexibility index (Phi) is 13.4. The van der Waals surface area contributed by atoms with Crippen LogP contribution in [0.15, 0.2) is 24.3 Å². The van der Waals surface area contributed by atoms with Gasteiger partial charge in [-0.15, -0.1) is 0 Å². The second-order valence-electron chi connectivity index (χ2n) is 8.68. The number of amides is 1. The maximum atomic E-state index is 12.0. The predicted octanol–water partition coefficient (Wildman–Crippen LogP) is 4.69. The van der Waals surface area contributed by atoms with Crippen LogP contribution in [-0.4, -0.2) is 35.7 Å². The van der Waals surface area contributed by atoms with E-state index in [-0.39, 0.29) is 12.5 Å². The Labute approximate surface area is 177 Å². The molecule has 0 spiro atoms.